The van der Waals surface area contributed by atoms with E-state index >= 15 is 0 Å². The van der Waals surface area contributed by atoms with Gasteiger partial charge in [-0.2, -0.15) is 0 Å². The van der Waals surface area contributed by atoms with Crippen molar-refractivity contribution < 1.29 is 4.79 Å². The zero-order chi connectivity index (χ0) is 21.6. The third-order valence-electron chi connectivity index (χ3n) is 5.37. The van der Waals surface area contributed by atoms with E-state index in [4.69, 9.17) is 9.97 Å². The molecule has 1 aliphatic heterocycles. The second-order valence-corrected chi connectivity index (χ2v) is 7.50. The lowest BCUT2D eigenvalue weighted by atomic mass is 10.0. The molecule has 31 heavy (non-hydrogen) atoms. The fourth-order valence-corrected chi connectivity index (χ4v) is 3.86. The standard InChI is InChI=1S/C25H25N5O/c1-26-16-20(17-27-2)24-23(18-9-5-3-6-10-18)28-21-12-11-19(15-22(21)29-24)25(31)30-13-7-4-8-14-30/h3,5-6,9-12,15-17H,1,4,7-8,13-14H2,2H3/b20-16+,27-17-. The number of aromatic nitrogens is 2. The van der Waals surface area contributed by atoms with Crippen molar-refractivity contribution in [3.63, 3.8) is 0 Å². The summed E-state index contributed by atoms with van der Waals surface area (Å²) in [5.74, 6) is 0.0516. The number of fused-ring (bicyclic) bond motifs is 1. The molecule has 0 atom stereocenters. The van der Waals surface area contributed by atoms with Gasteiger partial charge in [-0.3, -0.25) is 14.8 Å². The molecule has 0 spiro atoms. The van der Waals surface area contributed by atoms with Crippen molar-refractivity contribution in [2.75, 3.05) is 20.1 Å². The molecule has 1 saturated heterocycles. The molecule has 0 radical (unpaired) electrons. The number of allylic oxidation sites excluding steroid dienone is 1. The summed E-state index contributed by atoms with van der Waals surface area (Å²) in [4.78, 5) is 32.8. The molecule has 1 aromatic heterocycles. The molecule has 0 saturated carbocycles. The number of hydrogen-bond acceptors (Lipinski definition) is 5. The number of hydrogen-bond donors (Lipinski definition) is 0. The molecule has 3 aromatic rings. The molecule has 6 nitrogen and oxygen atoms in total. The van der Waals surface area contributed by atoms with Crippen LogP contribution >= 0.6 is 0 Å². The largest absolute Gasteiger partial charge is 0.339 e. The molecule has 4 rings (SSSR count). The first-order valence-electron chi connectivity index (χ1n) is 10.5. The number of likely N-dealkylation sites (tertiary alicyclic amines) is 1. The van der Waals surface area contributed by atoms with Crippen LogP contribution in [0.25, 0.3) is 27.9 Å². The van der Waals surface area contributed by atoms with Gasteiger partial charge in [0.25, 0.3) is 5.91 Å². The minimum absolute atomic E-state index is 0.0516. The van der Waals surface area contributed by atoms with Gasteiger partial charge in [-0.25, -0.2) is 9.97 Å². The van der Waals surface area contributed by atoms with Crippen LogP contribution < -0.4 is 0 Å². The first-order valence-corrected chi connectivity index (χ1v) is 10.5. The summed E-state index contributed by atoms with van der Waals surface area (Å²) in [6, 6.07) is 15.4. The van der Waals surface area contributed by atoms with Crippen molar-refractivity contribution >= 4 is 35.4 Å². The van der Waals surface area contributed by atoms with E-state index in [1.54, 1.807) is 19.5 Å². The number of nitrogens with zero attached hydrogens (tertiary/aromatic N) is 5. The lowest BCUT2D eigenvalue weighted by molar-refractivity contribution is 0.0724. The fourth-order valence-electron chi connectivity index (χ4n) is 3.86. The predicted octanol–water partition coefficient (Wildman–Crippen LogP) is 4.67. The summed E-state index contributed by atoms with van der Waals surface area (Å²) in [7, 11) is 1.70. The first-order chi connectivity index (χ1) is 15.2. The third-order valence-corrected chi connectivity index (χ3v) is 5.37. The maximum Gasteiger partial charge on any atom is 0.253 e. The number of rotatable bonds is 5. The lowest BCUT2D eigenvalue weighted by Gasteiger charge is -2.26. The van der Waals surface area contributed by atoms with Crippen LogP contribution in [0.3, 0.4) is 0 Å². The fraction of sp³-hybridized carbons (Fsp3) is 0.240. The zero-order valence-electron chi connectivity index (χ0n) is 17.7. The Morgan fingerprint density at radius 1 is 1.03 bits per heavy atom. The second kappa shape index (κ2) is 9.43. The number of piperidine rings is 1. The van der Waals surface area contributed by atoms with E-state index in [2.05, 4.69) is 16.7 Å². The van der Waals surface area contributed by atoms with Gasteiger partial charge in [0.1, 0.15) is 5.69 Å². The molecule has 1 aliphatic rings. The van der Waals surface area contributed by atoms with Gasteiger partial charge in [-0.05, 0) is 44.2 Å². The average molecular weight is 412 g/mol. The predicted molar refractivity (Wildman–Crippen MR) is 127 cm³/mol. The topological polar surface area (TPSA) is 70.8 Å². The third kappa shape index (κ3) is 4.43. The number of benzene rings is 2. The molecular weight excluding hydrogens is 386 g/mol. The highest BCUT2D eigenvalue weighted by Crippen LogP contribution is 2.28. The Balaban J connectivity index is 1.86. The van der Waals surface area contributed by atoms with Crippen molar-refractivity contribution in [1.29, 1.82) is 0 Å². The van der Waals surface area contributed by atoms with Gasteiger partial charge in [0.05, 0.1) is 16.7 Å². The molecule has 0 unspecified atom stereocenters. The second-order valence-electron chi connectivity index (χ2n) is 7.50. The SMILES string of the molecule is C=N/C=C(\C=N/C)c1nc2cc(C(=O)N3CCCCC3)ccc2nc1-c1ccccc1. The zero-order valence-corrected chi connectivity index (χ0v) is 17.7. The Kier molecular flexibility index (Phi) is 6.26. The van der Waals surface area contributed by atoms with Crippen LogP contribution in [-0.4, -0.2) is 53.8 Å². The summed E-state index contributed by atoms with van der Waals surface area (Å²) >= 11 is 0. The molecule has 0 bridgehead atoms. The first kappa shape index (κ1) is 20.6. The quantitative estimate of drug-likeness (QED) is 0.573. The highest BCUT2D eigenvalue weighted by Gasteiger charge is 2.20. The van der Waals surface area contributed by atoms with Gasteiger partial charge < -0.3 is 4.90 Å². The Hall–Kier alpha value is -3.67. The van der Waals surface area contributed by atoms with E-state index in [0.29, 0.717) is 22.3 Å². The number of carbonyl (C=O) groups excluding carboxylic acids is 1. The summed E-state index contributed by atoms with van der Waals surface area (Å²) in [6.07, 6.45) is 6.62. The minimum atomic E-state index is 0.0516. The van der Waals surface area contributed by atoms with Crippen LogP contribution in [0.2, 0.25) is 0 Å². The van der Waals surface area contributed by atoms with E-state index in [1.165, 1.54) is 6.42 Å². The molecule has 6 heteroatoms. The van der Waals surface area contributed by atoms with Crippen molar-refractivity contribution in [2.45, 2.75) is 19.3 Å². The Labute approximate surface area is 182 Å². The number of amides is 1. The monoisotopic (exact) mass is 411 g/mol. The van der Waals surface area contributed by atoms with Crippen molar-refractivity contribution in [1.82, 2.24) is 14.9 Å². The van der Waals surface area contributed by atoms with E-state index in [1.807, 2.05) is 53.4 Å². The van der Waals surface area contributed by atoms with E-state index in [-0.39, 0.29) is 5.91 Å². The molecule has 1 fully saturated rings. The van der Waals surface area contributed by atoms with Gasteiger partial charge in [0.15, 0.2) is 0 Å². The summed E-state index contributed by atoms with van der Waals surface area (Å²) in [6.45, 7) is 5.20. The van der Waals surface area contributed by atoms with Crippen LogP contribution in [0.4, 0.5) is 0 Å². The van der Waals surface area contributed by atoms with Gasteiger partial charge in [0, 0.05) is 49.3 Å². The Morgan fingerprint density at radius 3 is 2.52 bits per heavy atom. The van der Waals surface area contributed by atoms with Gasteiger partial charge in [-0.1, -0.05) is 30.3 Å². The summed E-state index contributed by atoms with van der Waals surface area (Å²) < 4.78 is 0. The maximum atomic E-state index is 13.0. The van der Waals surface area contributed by atoms with Crippen molar-refractivity contribution in [3.8, 4) is 11.3 Å². The molecule has 1 amide bonds. The Morgan fingerprint density at radius 2 is 1.81 bits per heavy atom. The van der Waals surface area contributed by atoms with Crippen LogP contribution in [0.1, 0.15) is 35.3 Å². The highest BCUT2D eigenvalue weighted by atomic mass is 16.2. The summed E-state index contributed by atoms with van der Waals surface area (Å²) in [5, 5.41) is 0. The number of carbonyl (C=O) groups is 1. The van der Waals surface area contributed by atoms with Gasteiger partial charge >= 0.3 is 0 Å². The molecule has 156 valence electrons. The molecule has 2 aromatic carbocycles. The van der Waals surface area contributed by atoms with Crippen molar-refractivity contribution in [3.05, 3.63) is 66.0 Å². The van der Waals surface area contributed by atoms with Crippen LogP contribution in [-0.2, 0) is 0 Å². The highest BCUT2D eigenvalue weighted by molar-refractivity contribution is 6.11. The lowest BCUT2D eigenvalue weighted by Crippen LogP contribution is -2.35. The van der Waals surface area contributed by atoms with Crippen LogP contribution in [0.15, 0.2) is 64.7 Å². The van der Waals surface area contributed by atoms with Crippen LogP contribution in [0, 0.1) is 0 Å². The number of aliphatic imine (C=N–C) groups is 2. The Bertz CT molecular complexity index is 1160. The average Bonchev–Trinajstić information content (AvgIpc) is 2.83. The molecule has 2 heterocycles. The van der Waals surface area contributed by atoms with Gasteiger partial charge in [0.2, 0.25) is 0 Å². The molecular formula is C25H25N5O. The van der Waals surface area contributed by atoms with E-state index in [0.717, 1.165) is 42.7 Å². The van der Waals surface area contributed by atoms with Gasteiger partial charge in [-0.15, -0.1) is 0 Å². The summed E-state index contributed by atoms with van der Waals surface area (Å²) in [5.41, 5.74) is 5.07. The van der Waals surface area contributed by atoms with E-state index in [9.17, 15) is 4.79 Å². The maximum absolute atomic E-state index is 13.0. The normalized spacial score (nSPS) is 14.9. The minimum Gasteiger partial charge on any atom is -0.339 e. The molecule has 0 aliphatic carbocycles. The smallest absolute Gasteiger partial charge is 0.253 e. The van der Waals surface area contributed by atoms with Crippen LogP contribution in [0.5, 0.6) is 0 Å². The van der Waals surface area contributed by atoms with Crippen molar-refractivity contribution in [2.24, 2.45) is 9.98 Å². The van der Waals surface area contributed by atoms with E-state index < -0.39 is 0 Å². The molecule has 0 N–H and O–H groups in total.